The van der Waals surface area contributed by atoms with Crippen LogP contribution in [0.1, 0.15) is 60.8 Å². The third-order valence-electron chi connectivity index (χ3n) is 9.92. The Labute approximate surface area is 219 Å². The number of phenols is 3. The average molecular weight is 499 g/mol. The molecule has 3 aliphatic rings. The lowest BCUT2D eigenvalue weighted by molar-refractivity contribution is 0.00434. The summed E-state index contributed by atoms with van der Waals surface area (Å²) in [7, 11) is 0. The molecule has 0 aliphatic heterocycles. The summed E-state index contributed by atoms with van der Waals surface area (Å²) in [4.78, 5) is 0. The summed E-state index contributed by atoms with van der Waals surface area (Å²) in [6.07, 6.45) is 5.55. The van der Waals surface area contributed by atoms with Gasteiger partial charge in [0.1, 0.15) is 17.2 Å². The summed E-state index contributed by atoms with van der Waals surface area (Å²) >= 11 is 0. The van der Waals surface area contributed by atoms with Crippen LogP contribution in [-0.2, 0) is 19.5 Å². The second-order valence-electron chi connectivity index (χ2n) is 11.6. The standard InChI is InChI=1S/C32H38N2O3/c1-32-27(14-15-30(32)33-18-21-6-2-4-8-28(21)36)25-12-10-20-16-23(35)11-13-24(20)26(25)17-31(32)34-19-22-7-3-5-9-29(22)37/h2-9,11,13,16,25-27,30-31,33-37H,10,12,14-15,17-19H2,1H3/t25-,26-,27+,30+,31-,32+/m1/s1. The quantitative estimate of drug-likeness (QED) is 0.306. The molecule has 6 atom stereocenters. The molecular weight excluding hydrogens is 460 g/mol. The van der Waals surface area contributed by atoms with Crippen LogP contribution in [-0.4, -0.2) is 27.4 Å². The first kappa shape index (κ1) is 24.3. The third-order valence-corrected chi connectivity index (χ3v) is 9.92. The van der Waals surface area contributed by atoms with Gasteiger partial charge in [-0.1, -0.05) is 49.4 Å². The molecule has 0 saturated heterocycles. The van der Waals surface area contributed by atoms with Crippen molar-refractivity contribution < 1.29 is 15.3 Å². The molecular formula is C32H38N2O3. The van der Waals surface area contributed by atoms with Crippen LogP contribution in [0.25, 0.3) is 0 Å². The van der Waals surface area contributed by atoms with Crippen molar-refractivity contribution in [1.29, 1.82) is 0 Å². The van der Waals surface area contributed by atoms with Crippen molar-refractivity contribution in [2.24, 2.45) is 17.3 Å². The molecule has 0 radical (unpaired) electrons. The summed E-state index contributed by atoms with van der Waals surface area (Å²) in [5.74, 6) is 2.73. The lowest BCUT2D eigenvalue weighted by atomic mass is 9.53. The molecule has 0 heterocycles. The zero-order chi connectivity index (χ0) is 25.6. The SMILES string of the molecule is C[C@@]12[C@@H](NCc3ccccc3O)CC[C@H]1[C@@H]1CCc3cc(O)ccc3[C@H]1C[C@H]2NCc1ccccc1O. The Balaban J connectivity index is 1.31. The lowest BCUT2D eigenvalue weighted by Crippen LogP contribution is -2.60. The van der Waals surface area contributed by atoms with Crippen molar-refractivity contribution in [3.05, 3.63) is 89.0 Å². The zero-order valence-electron chi connectivity index (χ0n) is 21.5. The van der Waals surface area contributed by atoms with E-state index in [9.17, 15) is 15.3 Å². The van der Waals surface area contributed by atoms with Gasteiger partial charge >= 0.3 is 0 Å². The maximum absolute atomic E-state index is 10.4. The Morgan fingerprint density at radius 1 is 0.784 bits per heavy atom. The molecule has 0 aromatic heterocycles. The van der Waals surface area contributed by atoms with Gasteiger partial charge < -0.3 is 26.0 Å². The van der Waals surface area contributed by atoms with E-state index in [0.717, 1.165) is 30.4 Å². The van der Waals surface area contributed by atoms with Crippen LogP contribution in [0.2, 0.25) is 0 Å². The highest BCUT2D eigenvalue weighted by Gasteiger charge is 2.59. The predicted molar refractivity (Wildman–Crippen MR) is 146 cm³/mol. The van der Waals surface area contributed by atoms with Crippen molar-refractivity contribution in [2.45, 2.75) is 70.1 Å². The fourth-order valence-electron chi connectivity index (χ4n) is 8.03. The molecule has 194 valence electrons. The van der Waals surface area contributed by atoms with Gasteiger partial charge in [0.15, 0.2) is 0 Å². The normalized spacial score (nSPS) is 30.4. The van der Waals surface area contributed by atoms with Crippen LogP contribution in [0.5, 0.6) is 17.2 Å². The molecule has 5 heteroatoms. The van der Waals surface area contributed by atoms with Crippen LogP contribution in [0.15, 0.2) is 66.7 Å². The van der Waals surface area contributed by atoms with Crippen LogP contribution in [0.4, 0.5) is 0 Å². The summed E-state index contributed by atoms with van der Waals surface area (Å²) in [5.41, 5.74) is 4.63. The highest BCUT2D eigenvalue weighted by atomic mass is 16.3. The van der Waals surface area contributed by atoms with Gasteiger partial charge in [0, 0.05) is 41.7 Å². The number of hydrogen-bond acceptors (Lipinski definition) is 5. The highest BCUT2D eigenvalue weighted by Crippen LogP contribution is 2.61. The molecule has 0 bridgehead atoms. The average Bonchev–Trinajstić information content (AvgIpc) is 3.24. The Bertz CT molecular complexity index is 1280. The first-order chi connectivity index (χ1) is 17.9. The number of aromatic hydroxyl groups is 3. The number of rotatable bonds is 6. The summed E-state index contributed by atoms with van der Waals surface area (Å²) in [6.45, 7) is 3.76. The van der Waals surface area contributed by atoms with E-state index in [1.165, 1.54) is 24.0 Å². The van der Waals surface area contributed by atoms with E-state index in [2.05, 4.69) is 23.6 Å². The molecule has 37 heavy (non-hydrogen) atoms. The van der Waals surface area contributed by atoms with Gasteiger partial charge in [-0.3, -0.25) is 0 Å². The Morgan fingerprint density at radius 2 is 1.43 bits per heavy atom. The number of aryl methyl sites for hydroxylation is 1. The molecule has 5 N–H and O–H groups in total. The second-order valence-corrected chi connectivity index (χ2v) is 11.6. The minimum atomic E-state index is 0.0460. The third kappa shape index (κ3) is 4.28. The zero-order valence-corrected chi connectivity index (χ0v) is 21.5. The van der Waals surface area contributed by atoms with Crippen LogP contribution in [0.3, 0.4) is 0 Å². The number of hydrogen-bond donors (Lipinski definition) is 5. The van der Waals surface area contributed by atoms with Crippen molar-refractivity contribution >= 4 is 0 Å². The molecule has 0 amide bonds. The van der Waals surface area contributed by atoms with Crippen molar-refractivity contribution in [3.63, 3.8) is 0 Å². The van der Waals surface area contributed by atoms with E-state index in [0.29, 0.717) is 54.1 Å². The van der Waals surface area contributed by atoms with Gasteiger partial charge in [0.25, 0.3) is 0 Å². The van der Waals surface area contributed by atoms with E-state index in [4.69, 9.17) is 0 Å². The molecule has 0 unspecified atom stereocenters. The Kier molecular flexibility index (Phi) is 6.37. The largest absolute Gasteiger partial charge is 0.508 e. The van der Waals surface area contributed by atoms with Crippen molar-refractivity contribution in [1.82, 2.24) is 10.6 Å². The Hall–Kier alpha value is -3.02. The number of phenolic OH excluding ortho intramolecular Hbond substituents is 3. The predicted octanol–water partition coefficient (Wildman–Crippen LogP) is 5.59. The molecule has 3 aromatic rings. The van der Waals surface area contributed by atoms with E-state index in [-0.39, 0.29) is 11.5 Å². The summed E-state index contributed by atoms with van der Waals surface area (Å²) in [5, 5.41) is 38.6. The first-order valence-corrected chi connectivity index (χ1v) is 13.8. The maximum Gasteiger partial charge on any atom is 0.120 e. The number of benzene rings is 3. The minimum Gasteiger partial charge on any atom is -0.508 e. The molecule has 5 nitrogen and oxygen atoms in total. The molecule has 3 aliphatic carbocycles. The maximum atomic E-state index is 10.4. The Morgan fingerprint density at radius 3 is 2.11 bits per heavy atom. The van der Waals surface area contributed by atoms with Gasteiger partial charge in [0.05, 0.1) is 0 Å². The van der Waals surface area contributed by atoms with E-state index >= 15 is 0 Å². The number of para-hydroxylation sites is 2. The first-order valence-electron chi connectivity index (χ1n) is 13.8. The number of nitrogens with one attached hydrogen (secondary N) is 2. The van der Waals surface area contributed by atoms with Gasteiger partial charge in [-0.2, -0.15) is 0 Å². The van der Waals surface area contributed by atoms with Crippen molar-refractivity contribution in [3.8, 4) is 17.2 Å². The van der Waals surface area contributed by atoms with E-state index in [1.807, 2.05) is 48.5 Å². The molecule has 2 saturated carbocycles. The lowest BCUT2D eigenvalue weighted by Gasteiger charge is -2.55. The molecule has 6 rings (SSSR count). The fourth-order valence-corrected chi connectivity index (χ4v) is 8.03. The number of fused-ring (bicyclic) bond motifs is 5. The van der Waals surface area contributed by atoms with Gasteiger partial charge in [0.2, 0.25) is 0 Å². The highest BCUT2D eigenvalue weighted by molar-refractivity contribution is 5.41. The second kappa shape index (κ2) is 9.70. The smallest absolute Gasteiger partial charge is 0.120 e. The van der Waals surface area contributed by atoms with E-state index < -0.39 is 0 Å². The monoisotopic (exact) mass is 498 g/mol. The summed E-state index contributed by atoms with van der Waals surface area (Å²) < 4.78 is 0. The summed E-state index contributed by atoms with van der Waals surface area (Å²) in [6, 6.07) is 21.8. The minimum absolute atomic E-state index is 0.0460. The molecule has 2 fully saturated rings. The molecule has 0 spiro atoms. The van der Waals surface area contributed by atoms with Gasteiger partial charge in [-0.05, 0) is 85.3 Å². The van der Waals surface area contributed by atoms with Crippen LogP contribution in [0, 0.1) is 17.3 Å². The van der Waals surface area contributed by atoms with Crippen LogP contribution < -0.4 is 10.6 Å². The van der Waals surface area contributed by atoms with Gasteiger partial charge in [-0.15, -0.1) is 0 Å². The topological polar surface area (TPSA) is 84.8 Å². The van der Waals surface area contributed by atoms with Crippen LogP contribution >= 0.6 is 0 Å². The van der Waals surface area contributed by atoms with E-state index in [1.54, 1.807) is 12.1 Å². The van der Waals surface area contributed by atoms with Crippen molar-refractivity contribution in [2.75, 3.05) is 0 Å². The molecule has 3 aromatic carbocycles. The van der Waals surface area contributed by atoms with Gasteiger partial charge in [-0.25, -0.2) is 0 Å². The fraction of sp³-hybridized carbons (Fsp3) is 0.438.